The molecule has 2 unspecified atom stereocenters. The zero-order valence-electron chi connectivity index (χ0n) is 14.4. The summed E-state index contributed by atoms with van der Waals surface area (Å²) in [6, 6.07) is 10.3. The average molecular weight is 288 g/mol. The summed E-state index contributed by atoms with van der Waals surface area (Å²) in [5.74, 6) is 0. The molecule has 2 N–H and O–H groups in total. The first-order valence-corrected chi connectivity index (χ1v) is 8.42. The van der Waals surface area contributed by atoms with E-state index in [4.69, 9.17) is 5.73 Å². The Kier molecular flexibility index (Phi) is 5.11. The van der Waals surface area contributed by atoms with Crippen LogP contribution in [0.3, 0.4) is 0 Å². The molecule has 2 nitrogen and oxygen atoms in total. The van der Waals surface area contributed by atoms with Gasteiger partial charge in [0.2, 0.25) is 0 Å². The first-order chi connectivity index (χ1) is 9.80. The maximum absolute atomic E-state index is 6.52. The lowest BCUT2D eigenvalue weighted by Crippen LogP contribution is -2.43. The molecule has 1 aromatic carbocycles. The second-order valence-corrected chi connectivity index (χ2v) is 7.81. The van der Waals surface area contributed by atoms with Gasteiger partial charge >= 0.3 is 0 Å². The van der Waals surface area contributed by atoms with E-state index in [1.54, 1.807) is 0 Å². The van der Waals surface area contributed by atoms with Crippen LogP contribution in [0.2, 0.25) is 0 Å². The Balaban J connectivity index is 2.31. The largest absolute Gasteiger partial charge is 0.326 e. The van der Waals surface area contributed by atoms with Crippen LogP contribution >= 0.6 is 0 Å². The Hall–Kier alpha value is -0.860. The number of nitrogens with zero attached hydrogens (tertiary/aromatic N) is 1. The number of hydrogen-bond donors (Lipinski definition) is 1. The van der Waals surface area contributed by atoms with Crippen molar-refractivity contribution in [2.45, 2.75) is 77.4 Å². The minimum Gasteiger partial charge on any atom is -0.326 e. The first-order valence-electron chi connectivity index (χ1n) is 8.42. The summed E-state index contributed by atoms with van der Waals surface area (Å²) in [4.78, 5) is 2.59. The molecule has 1 aliphatic rings. The highest BCUT2D eigenvalue weighted by atomic mass is 15.2. The quantitative estimate of drug-likeness (QED) is 0.881. The van der Waals surface area contributed by atoms with Crippen LogP contribution in [0.5, 0.6) is 0 Å². The van der Waals surface area contributed by atoms with Crippen LogP contribution in [0.4, 0.5) is 0 Å². The second kappa shape index (κ2) is 6.50. The second-order valence-electron chi connectivity index (χ2n) is 7.81. The molecule has 0 saturated carbocycles. The van der Waals surface area contributed by atoms with Crippen LogP contribution < -0.4 is 5.73 Å². The van der Waals surface area contributed by atoms with Crippen LogP contribution in [0.15, 0.2) is 24.3 Å². The predicted molar refractivity (Wildman–Crippen MR) is 91.6 cm³/mol. The SMILES string of the molecule is CC(C)N1CCCCC(N)C1c1ccc(C(C)(C)C)cc1. The molecule has 1 fully saturated rings. The molecule has 2 atom stereocenters. The van der Waals surface area contributed by atoms with Gasteiger partial charge in [0.05, 0.1) is 6.04 Å². The molecule has 118 valence electrons. The maximum Gasteiger partial charge on any atom is 0.0501 e. The Bertz CT molecular complexity index is 442. The predicted octanol–water partition coefficient (Wildman–Crippen LogP) is 4.25. The Labute approximate surface area is 130 Å². The number of nitrogens with two attached hydrogens (primary N) is 1. The monoisotopic (exact) mass is 288 g/mol. The van der Waals surface area contributed by atoms with E-state index in [1.807, 2.05) is 0 Å². The Morgan fingerprint density at radius 1 is 1.10 bits per heavy atom. The lowest BCUT2D eigenvalue weighted by Gasteiger charge is -2.37. The molecule has 0 bridgehead atoms. The third-order valence-corrected chi connectivity index (χ3v) is 4.75. The Morgan fingerprint density at radius 2 is 1.71 bits per heavy atom. The summed E-state index contributed by atoms with van der Waals surface area (Å²) in [7, 11) is 0. The molecule has 0 spiro atoms. The van der Waals surface area contributed by atoms with Crippen molar-refractivity contribution in [2.75, 3.05) is 6.54 Å². The van der Waals surface area contributed by atoms with Crippen molar-refractivity contribution < 1.29 is 0 Å². The van der Waals surface area contributed by atoms with Crippen molar-refractivity contribution in [1.29, 1.82) is 0 Å². The summed E-state index contributed by atoms with van der Waals surface area (Å²) in [6.45, 7) is 12.5. The summed E-state index contributed by atoms with van der Waals surface area (Å²) in [5.41, 5.74) is 9.51. The fraction of sp³-hybridized carbons (Fsp3) is 0.684. The lowest BCUT2D eigenvalue weighted by molar-refractivity contribution is 0.144. The topological polar surface area (TPSA) is 29.3 Å². The molecule has 0 aliphatic carbocycles. The first kappa shape index (κ1) is 16.5. The molecule has 0 radical (unpaired) electrons. The van der Waals surface area contributed by atoms with Crippen LogP contribution in [-0.4, -0.2) is 23.5 Å². The van der Waals surface area contributed by atoms with Crippen LogP contribution in [-0.2, 0) is 5.41 Å². The van der Waals surface area contributed by atoms with Gasteiger partial charge < -0.3 is 5.73 Å². The van der Waals surface area contributed by atoms with Crippen molar-refractivity contribution in [3.63, 3.8) is 0 Å². The fourth-order valence-corrected chi connectivity index (χ4v) is 3.42. The van der Waals surface area contributed by atoms with Gasteiger partial charge in [0.1, 0.15) is 0 Å². The molecular formula is C19H32N2. The van der Waals surface area contributed by atoms with Crippen LogP contribution in [0.1, 0.15) is 71.0 Å². The van der Waals surface area contributed by atoms with Crippen molar-refractivity contribution >= 4 is 0 Å². The highest BCUT2D eigenvalue weighted by molar-refractivity contribution is 5.30. The molecule has 1 saturated heterocycles. The van der Waals surface area contributed by atoms with Gasteiger partial charge in [-0.3, -0.25) is 4.90 Å². The van der Waals surface area contributed by atoms with Crippen molar-refractivity contribution in [3.05, 3.63) is 35.4 Å². The van der Waals surface area contributed by atoms with E-state index in [9.17, 15) is 0 Å². The van der Waals surface area contributed by atoms with E-state index in [-0.39, 0.29) is 11.5 Å². The highest BCUT2D eigenvalue weighted by Crippen LogP contribution is 2.32. The molecule has 0 amide bonds. The van der Waals surface area contributed by atoms with Gasteiger partial charge in [0, 0.05) is 12.1 Å². The summed E-state index contributed by atoms with van der Waals surface area (Å²) >= 11 is 0. The fourth-order valence-electron chi connectivity index (χ4n) is 3.42. The van der Waals surface area contributed by atoms with Gasteiger partial charge in [-0.15, -0.1) is 0 Å². The van der Waals surface area contributed by atoms with E-state index >= 15 is 0 Å². The van der Waals surface area contributed by atoms with E-state index in [2.05, 4.69) is 63.8 Å². The molecule has 1 aliphatic heterocycles. The normalized spacial score (nSPS) is 25.1. The molecule has 1 heterocycles. The van der Waals surface area contributed by atoms with E-state index in [0.717, 1.165) is 13.0 Å². The minimum atomic E-state index is 0.210. The summed E-state index contributed by atoms with van der Waals surface area (Å²) in [6.07, 6.45) is 3.65. The molecular weight excluding hydrogens is 256 g/mol. The van der Waals surface area contributed by atoms with Gasteiger partial charge in [0.15, 0.2) is 0 Å². The van der Waals surface area contributed by atoms with Gasteiger partial charge in [0.25, 0.3) is 0 Å². The van der Waals surface area contributed by atoms with E-state index in [1.165, 1.54) is 24.0 Å². The number of likely N-dealkylation sites (tertiary alicyclic amines) is 1. The van der Waals surface area contributed by atoms with Gasteiger partial charge in [-0.05, 0) is 49.8 Å². The van der Waals surface area contributed by atoms with Gasteiger partial charge in [-0.25, -0.2) is 0 Å². The molecule has 1 aromatic rings. The van der Waals surface area contributed by atoms with E-state index in [0.29, 0.717) is 12.1 Å². The number of rotatable bonds is 2. The van der Waals surface area contributed by atoms with Crippen molar-refractivity contribution in [1.82, 2.24) is 4.90 Å². The summed E-state index contributed by atoms with van der Waals surface area (Å²) < 4.78 is 0. The number of hydrogen-bond acceptors (Lipinski definition) is 2. The molecule has 2 rings (SSSR count). The third kappa shape index (κ3) is 3.87. The maximum atomic E-state index is 6.52. The smallest absolute Gasteiger partial charge is 0.0501 e. The third-order valence-electron chi connectivity index (χ3n) is 4.75. The van der Waals surface area contributed by atoms with Crippen LogP contribution in [0.25, 0.3) is 0 Å². The zero-order valence-corrected chi connectivity index (χ0v) is 14.4. The number of benzene rings is 1. The van der Waals surface area contributed by atoms with Crippen molar-refractivity contribution in [3.8, 4) is 0 Å². The van der Waals surface area contributed by atoms with Crippen LogP contribution in [0, 0.1) is 0 Å². The van der Waals surface area contributed by atoms with Crippen molar-refractivity contribution in [2.24, 2.45) is 5.73 Å². The average Bonchev–Trinajstić information content (AvgIpc) is 2.59. The highest BCUT2D eigenvalue weighted by Gasteiger charge is 2.30. The van der Waals surface area contributed by atoms with Gasteiger partial charge in [-0.2, -0.15) is 0 Å². The van der Waals surface area contributed by atoms with Gasteiger partial charge in [-0.1, -0.05) is 51.5 Å². The molecule has 0 aromatic heterocycles. The Morgan fingerprint density at radius 3 is 2.24 bits per heavy atom. The minimum absolute atomic E-state index is 0.210. The van der Waals surface area contributed by atoms with E-state index < -0.39 is 0 Å². The summed E-state index contributed by atoms with van der Waals surface area (Å²) in [5, 5.41) is 0. The lowest BCUT2D eigenvalue weighted by atomic mass is 9.85. The zero-order chi connectivity index (χ0) is 15.6. The standard InChI is InChI=1S/C19H32N2/c1-14(2)21-13-7-6-8-17(20)18(21)15-9-11-16(12-10-15)19(3,4)5/h9-12,14,17-18H,6-8,13,20H2,1-5H3. The molecule has 2 heteroatoms. The molecule has 21 heavy (non-hydrogen) atoms.